The molecule has 2 fully saturated rings. The van der Waals surface area contributed by atoms with Crippen molar-refractivity contribution >= 4 is 29.2 Å². The first-order valence-electron chi connectivity index (χ1n) is 7.24. The van der Waals surface area contributed by atoms with Crippen molar-refractivity contribution in [3.63, 3.8) is 0 Å². The zero-order valence-corrected chi connectivity index (χ0v) is 12.3. The van der Waals surface area contributed by atoms with Crippen molar-refractivity contribution in [1.82, 2.24) is 9.88 Å². The van der Waals surface area contributed by atoms with E-state index in [0.717, 1.165) is 5.52 Å². The van der Waals surface area contributed by atoms with Gasteiger partial charge in [-0.3, -0.25) is 4.79 Å². The van der Waals surface area contributed by atoms with Gasteiger partial charge < -0.3 is 19.0 Å². The predicted octanol–water partition coefficient (Wildman–Crippen LogP) is 2.74. The van der Waals surface area contributed by atoms with E-state index in [0.29, 0.717) is 41.7 Å². The molecule has 21 heavy (non-hydrogen) atoms. The van der Waals surface area contributed by atoms with Crippen molar-refractivity contribution in [2.45, 2.75) is 18.9 Å². The van der Waals surface area contributed by atoms with E-state index in [1.165, 1.54) is 12.8 Å². The van der Waals surface area contributed by atoms with E-state index in [9.17, 15) is 4.79 Å². The van der Waals surface area contributed by atoms with Gasteiger partial charge in [0.1, 0.15) is 0 Å². The number of fused-ring (bicyclic) bond motifs is 1. The Bertz CT molecular complexity index is 747. The number of H-pyrrole nitrogens is 1. The average molecular weight is 304 g/mol. The second-order valence-corrected chi connectivity index (χ2v) is 6.07. The van der Waals surface area contributed by atoms with E-state index in [4.69, 9.17) is 21.4 Å². The van der Waals surface area contributed by atoms with Crippen LogP contribution in [-0.2, 0) is 4.74 Å². The molecule has 0 radical (unpaired) electrons. The minimum absolute atomic E-state index is 0.0550. The fourth-order valence-electron chi connectivity index (χ4n) is 2.99. The van der Waals surface area contributed by atoms with Crippen LogP contribution in [0.25, 0.3) is 11.1 Å². The van der Waals surface area contributed by atoms with Crippen molar-refractivity contribution in [3.8, 4) is 0 Å². The number of benzene rings is 1. The molecule has 1 aliphatic heterocycles. The maximum absolute atomic E-state index is 12.8. The number of amides is 1. The maximum Gasteiger partial charge on any atom is 0.266 e. The van der Waals surface area contributed by atoms with Crippen LogP contribution in [0.5, 0.6) is 0 Å². The van der Waals surface area contributed by atoms with Crippen molar-refractivity contribution in [2.24, 2.45) is 5.92 Å². The maximum atomic E-state index is 12.8. The first-order chi connectivity index (χ1) is 10.2. The standard InChI is InChI=1S/C15H16N2O3S/c18-14(17-5-6-19-8-12(17)9-1-2-9)10-3-4-11-13(7-10)20-15(21)16-11/h3-4,7,9,12H,1-2,5-6,8H2,(H,16,21). The summed E-state index contributed by atoms with van der Waals surface area (Å²) in [6, 6.07) is 5.66. The van der Waals surface area contributed by atoms with E-state index in [-0.39, 0.29) is 11.9 Å². The summed E-state index contributed by atoms with van der Waals surface area (Å²) in [5.41, 5.74) is 2.09. The highest BCUT2D eigenvalue weighted by Gasteiger charge is 2.39. The van der Waals surface area contributed by atoms with Crippen LogP contribution in [0.15, 0.2) is 22.6 Å². The molecule has 1 N–H and O–H groups in total. The molecule has 1 saturated heterocycles. The number of hydrogen-bond donors (Lipinski definition) is 1. The monoisotopic (exact) mass is 304 g/mol. The van der Waals surface area contributed by atoms with Gasteiger partial charge in [-0.2, -0.15) is 0 Å². The van der Waals surface area contributed by atoms with Gasteiger partial charge in [-0.15, -0.1) is 0 Å². The molecule has 0 spiro atoms. The Morgan fingerprint density at radius 2 is 2.24 bits per heavy atom. The third-order valence-electron chi connectivity index (χ3n) is 4.26. The van der Waals surface area contributed by atoms with Gasteiger partial charge in [0.05, 0.1) is 24.8 Å². The van der Waals surface area contributed by atoms with Gasteiger partial charge >= 0.3 is 0 Å². The minimum atomic E-state index is 0.0550. The second kappa shape index (κ2) is 4.96. The van der Waals surface area contributed by atoms with E-state index < -0.39 is 0 Å². The number of morpholine rings is 1. The molecule has 110 valence electrons. The number of hydrogen-bond acceptors (Lipinski definition) is 4. The normalized spacial score (nSPS) is 22.7. The summed E-state index contributed by atoms with van der Waals surface area (Å²) >= 11 is 4.97. The Hall–Kier alpha value is -1.66. The molecule has 5 nitrogen and oxygen atoms in total. The van der Waals surface area contributed by atoms with E-state index in [1.807, 2.05) is 17.0 Å². The third kappa shape index (κ3) is 2.38. The highest BCUT2D eigenvalue weighted by Crippen LogP contribution is 2.37. The number of nitrogens with zero attached hydrogens (tertiary/aromatic N) is 1. The average Bonchev–Trinajstić information content (AvgIpc) is 3.27. The molecule has 2 aromatic rings. The van der Waals surface area contributed by atoms with Crippen LogP contribution in [-0.4, -0.2) is 41.6 Å². The van der Waals surface area contributed by atoms with Crippen LogP contribution in [0.4, 0.5) is 0 Å². The number of ether oxygens (including phenoxy) is 1. The Morgan fingerprint density at radius 3 is 3.05 bits per heavy atom. The van der Waals surface area contributed by atoms with Gasteiger partial charge in [-0.05, 0) is 49.2 Å². The Morgan fingerprint density at radius 1 is 1.38 bits per heavy atom. The molecule has 4 rings (SSSR count). The Kier molecular flexibility index (Phi) is 3.08. The Labute approximate surface area is 126 Å². The number of oxazole rings is 1. The lowest BCUT2D eigenvalue weighted by Crippen LogP contribution is -2.49. The topological polar surface area (TPSA) is 58.5 Å². The molecule has 2 heterocycles. The molecule has 1 unspecified atom stereocenters. The fraction of sp³-hybridized carbons (Fsp3) is 0.467. The lowest BCUT2D eigenvalue weighted by molar-refractivity contribution is -0.00833. The van der Waals surface area contributed by atoms with Crippen molar-refractivity contribution in [1.29, 1.82) is 0 Å². The van der Waals surface area contributed by atoms with Gasteiger partial charge in [-0.25, -0.2) is 0 Å². The van der Waals surface area contributed by atoms with Crippen LogP contribution < -0.4 is 0 Å². The number of aromatic amines is 1. The molecule has 1 aliphatic carbocycles. The lowest BCUT2D eigenvalue weighted by atomic mass is 10.1. The molecule has 2 aliphatic rings. The fourth-order valence-corrected chi connectivity index (χ4v) is 3.19. The van der Waals surface area contributed by atoms with Crippen LogP contribution in [0.2, 0.25) is 0 Å². The molecule has 1 saturated carbocycles. The molecular formula is C15H16N2O3S. The van der Waals surface area contributed by atoms with Crippen molar-refractivity contribution in [3.05, 3.63) is 28.6 Å². The van der Waals surface area contributed by atoms with Gasteiger partial charge in [0, 0.05) is 12.1 Å². The molecule has 6 heteroatoms. The third-order valence-corrected chi connectivity index (χ3v) is 4.45. The summed E-state index contributed by atoms with van der Waals surface area (Å²) in [6.07, 6.45) is 2.40. The van der Waals surface area contributed by atoms with E-state index >= 15 is 0 Å². The number of carbonyl (C=O) groups excluding carboxylic acids is 1. The predicted molar refractivity (Wildman–Crippen MR) is 79.8 cm³/mol. The summed E-state index contributed by atoms with van der Waals surface area (Å²) in [5, 5.41) is 0. The number of carbonyl (C=O) groups is 1. The summed E-state index contributed by atoms with van der Waals surface area (Å²) in [5.74, 6) is 0.661. The van der Waals surface area contributed by atoms with Crippen LogP contribution in [0.1, 0.15) is 23.2 Å². The summed E-state index contributed by atoms with van der Waals surface area (Å²) in [7, 11) is 0. The molecule has 1 aromatic carbocycles. The smallest absolute Gasteiger partial charge is 0.266 e. The van der Waals surface area contributed by atoms with Crippen molar-refractivity contribution < 1.29 is 13.9 Å². The van der Waals surface area contributed by atoms with Gasteiger partial charge in [-0.1, -0.05) is 0 Å². The molecular weight excluding hydrogens is 288 g/mol. The highest BCUT2D eigenvalue weighted by atomic mass is 32.1. The van der Waals surface area contributed by atoms with Crippen LogP contribution in [0, 0.1) is 10.8 Å². The SMILES string of the molecule is O=C(c1ccc2[nH]c(=S)oc2c1)N1CCOCC1C1CC1. The highest BCUT2D eigenvalue weighted by molar-refractivity contribution is 7.71. The second-order valence-electron chi connectivity index (χ2n) is 5.70. The van der Waals surface area contributed by atoms with E-state index in [2.05, 4.69) is 4.98 Å². The summed E-state index contributed by atoms with van der Waals surface area (Å²) < 4.78 is 10.9. The first kappa shape index (κ1) is 13.0. The Balaban J connectivity index is 1.66. The number of aromatic nitrogens is 1. The molecule has 1 atom stereocenters. The lowest BCUT2D eigenvalue weighted by Gasteiger charge is -2.36. The van der Waals surface area contributed by atoms with Crippen LogP contribution in [0.3, 0.4) is 0 Å². The zero-order valence-electron chi connectivity index (χ0n) is 11.5. The van der Waals surface area contributed by atoms with Gasteiger partial charge in [0.2, 0.25) is 0 Å². The first-order valence-corrected chi connectivity index (χ1v) is 7.65. The van der Waals surface area contributed by atoms with Crippen molar-refractivity contribution in [2.75, 3.05) is 19.8 Å². The molecule has 1 aromatic heterocycles. The van der Waals surface area contributed by atoms with E-state index in [1.54, 1.807) is 6.07 Å². The number of nitrogens with one attached hydrogen (secondary N) is 1. The largest absolute Gasteiger partial charge is 0.429 e. The van der Waals surface area contributed by atoms with Gasteiger partial charge in [0.25, 0.3) is 10.7 Å². The molecule has 1 amide bonds. The molecule has 0 bridgehead atoms. The van der Waals surface area contributed by atoms with Gasteiger partial charge in [0.15, 0.2) is 5.58 Å². The minimum Gasteiger partial charge on any atom is -0.429 e. The summed E-state index contributed by atoms with van der Waals surface area (Å²) in [6.45, 7) is 1.93. The summed E-state index contributed by atoms with van der Waals surface area (Å²) in [4.78, 5) is 18.0. The quantitative estimate of drug-likeness (QED) is 0.867. The van der Waals surface area contributed by atoms with Crippen LogP contribution >= 0.6 is 12.2 Å². The zero-order chi connectivity index (χ0) is 14.4. The number of rotatable bonds is 2.